The predicted octanol–water partition coefficient (Wildman–Crippen LogP) is 0.490. The molecule has 12 nitrogen and oxygen atoms in total. The maximum Gasteiger partial charge on any atom is 0.126 e. The van der Waals surface area contributed by atoms with E-state index in [4.69, 9.17) is 18.9 Å². The van der Waals surface area contributed by atoms with Gasteiger partial charge in [0.25, 0.3) is 0 Å². The fraction of sp³-hybridized carbons (Fsp3) is 0.667. The van der Waals surface area contributed by atoms with E-state index in [1.54, 1.807) is 0 Å². The van der Waals surface area contributed by atoms with Crippen LogP contribution >= 0.6 is 0 Å². The van der Waals surface area contributed by atoms with Crippen molar-refractivity contribution in [2.75, 3.05) is 135 Å². The van der Waals surface area contributed by atoms with E-state index in [2.05, 4.69) is 133 Å². The van der Waals surface area contributed by atoms with Crippen molar-refractivity contribution in [1.82, 2.24) is 0 Å². The number of hydrogen-bond acceptors (Lipinski definition) is 8. The lowest BCUT2D eigenvalue weighted by molar-refractivity contribution is -0.903. The molecular weight excluding hydrogens is 1190 g/mol. The lowest BCUT2D eigenvalue weighted by Crippen LogP contribution is -3.00. The van der Waals surface area contributed by atoms with Gasteiger partial charge in [-0.3, -0.25) is 0 Å². The summed E-state index contributed by atoms with van der Waals surface area (Å²) in [5.41, 5.74) is 13.8. The zero-order valence-electron chi connectivity index (χ0n) is 56.8. The highest BCUT2D eigenvalue weighted by Gasteiger charge is 2.29. The molecule has 0 saturated heterocycles. The van der Waals surface area contributed by atoms with Gasteiger partial charge in [0.2, 0.25) is 0 Å². The van der Waals surface area contributed by atoms with E-state index in [9.17, 15) is 20.4 Å². The van der Waals surface area contributed by atoms with Gasteiger partial charge >= 0.3 is 0 Å². The summed E-state index contributed by atoms with van der Waals surface area (Å²) in [7, 11) is 17.7. The Morgan fingerprint density at radius 3 is 0.602 bits per heavy atom. The summed E-state index contributed by atoms with van der Waals surface area (Å²) >= 11 is 0. The molecule has 504 valence electrons. The fourth-order valence-electron chi connectivity index (χ4n) is 12.5. The number of rotatable bonds is 40. The van der Waals surface area contributed by atoms with Crippen molar-refractivity contribution in [3.05, 3.63) is 115 Å². The van der Waals surface area contributed by atoms with Crippen LogP contribution in [0.2, 0.25) is 0 Å². The lowest BCUT2D eigenvalue weighted by Gasteiger charge is -2.31. The molecule has 0 atom stereocenters. The number of hydrogen-bond donors (Lipinski definition) is 4. The molecule has 0 unspecified atom stereocenters. The molecule has 1 aliphatic rings. The zero-order chi connectivity index (χ0) is 61.2. The van der Waals surface area contributed by atoms with Crippen LogP contribution in [0.3, 0.4) is 0 Å². The predicted molar refractivity (Wildman–Crippen MR) is 347 cm³/mol. The molecule has 88 heavy (non-hydrogen) atoms. The van der Waals surface area contributed by atoms with Crippen LogP contribution in [0.1, 0.15) is 197 Å². The standard InChI is InChI=1S/C72H120N4O8.4ClH/c1-13-17-21-25-37-81-69-61-41-57(53-73(5,6)29-33-77)42-62(69)50-64-44-59(55-75(9,10)31-35-79)46-66(71(64)83-39-27-23-19-15-3)52-68-48-60(56-76(11,12)32-36-80)47-67(72(68)84-40-28-24-20-16-4)51-65-45-58(54-74(7,8)30-34-78)43-63(49-61)70(65)82-38-26-22-18-14-2;;;;/h41-48,77-80H,13-40,49-56H2,1-12H3;4*1H/q+4;;;;/p-4. The minimum Gasteiger partial charge on any atom is -1.00 e. The van der Waals surface area contributed by atoms with Gasteiger partial charge in [-0.2, -0.15) is 0 Å². The molecule has 1 aliphatic carbocycles. The zero-order valence-corrected chi connectivity index (χ0v) is 59.8. The Bertz CT molecular complexity index is 2150. The van der Waals surface area contributed by atoms with E-state index >= 15 is 0 Å². The van der Waals surface area contributed by atoms with Crippen molar-refractivity contribution in [2.45, 2.75) is 182 Å². The number of nitrogens with zero attached hydrogens (tertiary/aromatic N) is 4. The Morgan fingerprint density at radius 1 is 0.284 bits per heavy atom. The minimum absolute atomic E-state index is 0. The van der Waals surface area contributed by atoms with Crippen LogP contribution in [0.25, 0.3) is 0 Å². The van der Waals surface area contributed by atoms with Gasteiger partial charge in [-0.1, -0.05) is 105 Å². The van der Waals surface area contributed by atoms with E-state index in [1.807, 2.05) is 0 Å². The number of aliphatic hydroxyl groups excluding tert-OH is 4. The third kappa shape index (κ3) is 28.0. The Balaban J connectivity index is 0.00000968. The lowest BCUT2D eigenvalue weighted by atomic mass is 9.88. The number of quaternary nitrogens is 4. The first-order valence-corrected chi connectivity index (χ1v) is 33.0. The largest absolute Gasteiger partial charge is 1.00 e. The van der Waals surface area contributed by atoms with Gasteiger partial charge in [-0.15, -0.1) is 0 Å². The fourth-order valence-corrected chi connectivity index (χ4v) is 12.5. The quantitative estimate of drug-likeness (QED) is 0.0332. The third-order valence-electron chi connectivity index (χ3n) is 17.0. The number of benzene rings is 4. The molecule has 0 fully saturated rings. The molecule has 8 bridgehead atoms. The summed E-state index contributed by atoms with van der Waals surface area (Å²) in [6.45, 7) is 17.2. The van der Waals surface area contributed by atoms with Crippen molar-refractivity contribution in [1.29, 1.82) is 0 Å². The van der Waals surface area contributed by atoms with Crippen LogP contribution in [0, 0.1) is 0 Å². The van der Waals surface area contributed by atoms with Gasteiger partial charge < -0.3 is 107 Å². The molecule has 0 aromatic heterocycles. The van der Waals surface area contributed by atoms with E-state index < -0.39 is 0 Å². The van der Waals surface area contributed by atoms with Crippen LogP contribution in [0.4, 0.5) is 0 Å². The highest BCUT2D eigenvalue weighted by Crippen LogP contribution is 2.42. The number of halogens is 4. The topological polar surface area (TPSA) is 118 Å². The van der Waals surface area contributed by atoms with Gasteiger partial charge in [0.15, 0.2) is 0 Å². The molecule has 5 rings (SSSR count). The summed E-state index contributed by atoms with van der Waals surface area (Å²) in [4.78, 5) is 0. The van der Waals surface area contributed by atoms with Crippen LogP contribution in [0.15, 0.2) is 48.5 Å². The summed E-state index contributed by atoms with van der Waals surface area (Å²) in [5.74, 6) is 3.73. The molecule has 0 aliphatic heterocycles. The minimum atomic E-state index is 0. The van der Waals surface area contributed by atoms with Gasteiger partial charge in [0, 0.05) is 47.9 Å². The van der Waals surface area contributed by atoms with E-state index in [1.165, 1.54) is 22.3 Å². The maximum absolute atomic E-state index is 10.4. The Kier molecular flexibility index (Phi) is 39.8. The number of likely N-dealkylation sites (N-methyl/N-ethyl adjacent to an activating group) is 4. The summed E-state index contributed by atoms with van der Waals surface area (Å²) in [6, 6.07) is 19.1. The Morgan fingerprint density at radius 2 is 0.455 bits per heavy atom. The summed E-state index contributed by atoms with van der Waals surface area (Å²) < 4.78 is 31.7. The smallest absolute Gasteiger partial charge is 0.126 e. The van der Waals surface area contributed by atoms with Crippen LogP contribution in [-0.4, -0.2) is 174 Å². The van der Waals surface area contributed by atoms with Crippen LogP contribution < -0.4 is 68.6 Å². The average molecular weight is 1310 g/mol. The van der Waals surface area contributed by atoms with Crippen molar-refractivity contribution < 1.29 is 107 Å². The van der Waals surface area contributed by atoms with Gasteiger partial charge in [-0.05, 0) is 119 Å². The first-order chi connectivity index (χ1) is 40.2. The second-order valence-electron chi connectivity index (χ2n) is 27.5. The first kappa shape index (κ1) is 82.9. The molecule has 16 heteroatoms. The molecule has 0 heterocycles. The highest BCUT2D eigenvalue weighted by atomic mass is 35.5. The second-order valence-corrected chi connectivity index (χ2v) is 27.5. The molecule has 4 aromatic rings. The molecule has 4 aromatic carbocycles. The van der Waals surface area contributed by atoms with Crippen molar-refractivity contribution in [3.8, 4) is 23.0 Å². The van der Waals surface area contributed by atoms with E-state index in [0.29, 0.717) is 96.2 Å². The van der Waals surface area contributed by atoms with E-state index in [-0.39, 0.29) is 76.1 Å². The molecule has 0 radical (unpaired) electrons. The maximum atomic E-state index is 10.4. The SMILES string of the molecule is CCCCCCOc1c2cc(C[N+](C)(C)CCO)cc1Cc1cc(C[N+](C)(C)CCO)cc(c1OCCCCCC)Cc1cc(C[N+](C)(C)CCO)cc(c1OCCCCCC)Cc1cc(C[N+](C)(C)CCO)cc(c1OCCCCCC)C2.[Cl-].[Cl-].[Cl-].[Cl-]. The normalized spacial score (nSPS) is 12.5. The molecule has 4 N–H and O–H groups in total. The first-order valence-electron chi connectivity index (χ1n) is 33.0. The van der Waals surface area contributed by atoms with Crippen molar-refractivity contribution in [2.24, 2.45) is 0 Å². The number of fused-ring (bicyclic) bond motifs is 8. The highest BCUT2D eigenvalue weighted by molar-refractivity contribution is 5.58. The number of ether oxygens (including phenoxy) is 4. The second kappa shape index (κ2) is 42.2. The number of unbranched alkanes of at least 4 members (excludes halogenated alkanes) is 12. The van der Waals surface area contributed by atoms with Crippen LogP contribution in [-0.2, 0) is 51.9 Å². The number of aliphatic hydroxyl groups is 4. The Hall–Kier alpha value is -3.08. The van der Waals surface area contributed by atoms with Crippen molar-refractivity contribution >= 4 is 0 Å². The molecule has 0 spiro atoms. The monoisotopic (exact) mass is 1310 g/mol. The van der Waals surface area contributed by atoms with Gasteiger partial charge in [0.05, 0.1) is 109 Å². The van der Waals surface area contributed by atoms with Gasteiger partial charge in [0.1, 0.15) is 75.4 Å². The summed E-state index contributed by atoms with van der Waals surface area (Å²) in [5, 5.41) is 41.6. The molecule has 0 saturated carbocycles. The van der Waals surface area contributed by atoms with Crippen LogP contribution in [0.5, 0.6) is 23.0 Å². The van der Waals surface area contributed by atoms with Gasteiger partial charge in [-0.25, -0.2) is 0 Å². The third-order valence-corrected chi connectivity index (χ3v) is 17.0. The van der Waals surface area contributed by atoms with Crippen molar-refractivity contribution in [3.63, 3.8) is 0 Å². The average Bonchev–Trinajstić information content (AvgIpc) is 1.10. The van der Waals surface area contributed by atoms with E-state index in [0.717, 1.165) is 196 Å². The Labute approximate surface area is 559 Å². The molecule has 0 amide bonds. The molecular formula is C72H120Cl4N4O8. The summed E-state index contributed by atoms with van der Waals surface area (Å²) in [6.07, 6.45) is 19.8.